The van der Waals surface area contributed by atoms with Crippen molar-refractivity contribution in [2.24, 2.45) is 0 Å². The molecule has 1 aromatic heterocycles. The fourth-order valence-electron chi connectivity index (χ4n) is 0.957. The molecule has 0 spiro atoms. The van der Waals surface area contributed by atoms with Crippen molar-refractivity contribution in [1.82, 2.24) is 4.98 Å². The van der Waals surface area contributed by atoms with E-state index in [0.717, 1.165) is 14.1 Å². The van der Waals surface area contributed by atoms with Gasteiger partial charge in [0.2, 0.25) is 0 Å². The Hall–Kier alpha value is -0.920. The van der Waals surface area contributed by atoms with Gasteiger partial charge in [-0.1, -0.05) is 12.1 Å². The van der Waals surface area contributed by atoms with Crippen molar-refractivity contribution in [3.8, 4) is 0 Å². The molecular weight excluding hydrogens is 236 g/mol. The Morgan fingerprint density at radius 1 is 1.50 bits per heavy atom. The van der Waals surface area contributed by atoms with E-state index < -0.39 is 0 Å². The molecule has 0 fully saturated rings. The maximum absolute atomic E-state index is 6.81. The summed E-state index contributed by atoms with van der Waals surface area (Å²) in [5, 5.41) is 0. The minimum atomic E-state index is 0.639. The Labute approximate surface area is 81.8 Å². The second-order valence-electron chi connectivity index (χ2n) is 2.23. The lowest BCUT2D eigenvalue weighted by Crippen LogP contribution is -1.65. The fraction of sp³-hybridized carbons (Fsp3) is 0. The van der Waals surface area contributed by atoms with Gasteiger partial charge in [-0.05, 0) is 22.0 Å². The highest BCUT2D eigenvalue weighted by Crippen LogP contribution is 2.28. The van der Waals surface area contributed by atoms with E-state index in [4.69, 9.17) is 6.57 Å². The highest BCUT2D eigenvalue weighted by atomic mass is 79.9. The summed E-state index contributed by atoms with van der Waals surface area (Å²) in [6.07, 6.45) is 0. The number of fused-ring (bicyclic) bond motifs is 1. The SMILES string of the molecule is [C-]#[N+]c1ccc2sc(Br)nc2c1. The molecule has 0 saturated carbocycles. The number of hydrogen-bond donors (Lipinski definition) is 0. The van der Waals surface area contributed by atoms with Crippen molar-refractivity contribution < 1.29 is 0 Å². The standard InChI is InChI=1S/C8H3BrN2S/c1-10-5-2-3-7-6(4-5)11-8(9)12-7/h2-4H. The lowest BCUT2D eigenvalue weighted by Gasteiger charge is -1.86. The van der Waals surface area contributed by atoms with Crippen molar-refractivity contribution in [3.05, 3.63) is 33.5 Å². The molecule has 12 heavy (non-hydrogen) atoms. The number of hydrogen-bond acceptors (Lipinski definition) is 2. The van der Waals surface area contributed by atoms with E-state index in [1.807, 2.05) is 6.07 Å². The zero-order valence-corrected chi connectivity index (χ0v) is 8.32. The largest absolute Gasteiger partial charge is 0.238 e. The highest BCUT2D eigenvalue weighted by molar-refractivity contribution is 9.11. The summed E-state index contributed by atoms with van der Waals surface area (Å²) >= 11 is 4.87. The van der Waals surface area contributed by atoms with Gasteiger partial charge < -0.3 is 0 Å². The van der Waals surface area contributed by atoms with Crippen LogP contribution in [-0.4, -0.2) is 4.98 Å². The number of benzene rings is 1. The molecule has 2 nitrogen and oxygen atoms in total. The average molecular weight is 239 g/mol. The number of thiazole rings is 1. The molecule has 0 aliphatic rings. The van der Waals surface area contributed by atoms with Gasteiger partial charge in [-0.25, -0.2) is 9.83 Å². The van der Waals surface area contributed by atoms with E-state index in [2.05, 4.69) is 25.8 Å². The molecule has 0 radical (unpaired) electrons. The van der Waals surface area contributed by atoms with Crippen LogP contribution in [0.3, 0.4) is 0 Å². The number of nitrogens with zero attached hydrogens (tertiary/aromatic N) is 2. The van der Waals surface area contributed by atoms with Crippen molar-refractivity contribution in [3.63, 3.8) is 0 Å². The molecule has 0 unspecified atom stereocenters. The van der Waals surface area contributed by atoms with Crippen molar-refractivity contribution in [1.29, 1.82) is 0 Å². The third-order valence-electron chi connectivity index (χ3n) is 1.47. The van der Waals surface area contributed by atoms with Gasteiger partial charge >= 0.3 is 0 Å². The number of aromatic nitrogens is 1. The van der Waals surface area contributed by atoms with Gasteiger partial charge in [-0.15, -0.1) is 11.3 Å². The topological polar surface area (TPSA) is 17.2 Å². The van der Waals surface area contributed by atoms with Gasteiger partial charge in [0, 0.05) is 0 Å². The van der Waals surface area contributed by atoms with Gasteiger partial charge in [0.1, 0.15) is 0 Å². The molecule has 4 heteroatoms. The zero-order chi connectivity index (χ0) is 8.55. The third kappa shape index (κ3) is 1.22. The molecule has 0 aliphatic heterocycles. The van der Waals surface area contributed by atoms with Crippen LogP contribution in [0.2, 0.25) is 0 Å². The van der Waals surface area contributed by atoms with Crippen molar-refractivity contribution in [2.45, 2.75) is 0 Å². The first-order chi connectivity index (χ1) is 5.79. The first-order valence-corrected chi connectivity index (χ1v) is 4.84. The Bertz CT molecular complexity index is 469. The second-order valence-corrected chi connectivity index (χ2v) is 4.54. The number of halogens is 1. The zero-order valence-electron chi connectivity index (χ0n) is 5.91. The Morgan fingerprint density at radius 2 is 2.33 bits per heavy atom. The predicted octanol–water partition coefficient (Wildman–Crippen LogP) is 3.61. The normalized spacial score (nSPS) is 10.0. The van der Waals surface area contributed by atoms with Crippen molar-refractivity contribution >= 4 is 43.2 Å². The Morgan fingerprint density at radius 3 is 3.08 bits per heavy atom. The Kier molecular flexibility index (Phi) is 1.83. The molecule has 2 aromatic rings. The summed E-state index contributed by atoms with van der Waals surface area (Å²) in [6.45, 7) is 6.81. The molecule has 1 aromatic carbocycles. The maximum atomic E-state index is 6.81. The lowest BCUT2D eigenvalue weighted by molar-refractivity contribution is 1.45. The monoisotopic (exact) mass is 238 g/mol. The fourth-order valence-corrected chi connectivity index (χ4v) is 2.34. The minimum Gasteiger partial charge on any atom is -0.238 e. The van der Waals surface area contributed by atoms with Gasteiger partial charge in [0.25, 0.3) is 0 Å². The third-order valence-corrected chi connectivity index (χ3v) is 2.96. The summed E-state index contributed by atoms with van der Waals surface area (Å²) < 4.78 is 1.97. The van der Waals surface area contributed by atoms with Crippen LogP contribution < -0.4 is 0 Å². The van der Waals surface area contributed by atoms with Gasteiger partial charge in [-0.3, -0.25) is 0 Å². The van der Waals surface area contributed by atoms with Gasteiger partial charge in [0.15, 0.2) is 9.60 Å². The molecule has 0 atom stereocenters. The number of rotatable bonds is 0. The molecule has 58 valence electrons. The van der Waals surface area contributed by atoms with E-state index in [1.165, 1.54) is 0 Å². The average Bonchev–Trinajstić information content (AvgIpc) is 2.43. The first kappa shape index (κ1) is 7.71. The predicted molar refractivity (Wildman–Crippen MR) is 53.6 cm³/mol. The highest BCUT2D eigenvalue weighted by Gasteiger charge is 2.00. The quantitative estimate of drug-likeness (QED) is 0.642. The molecule has 0 N–H and O–H groups in total. The molecule has 1 heterocycles. The second kappa shape index (κ2) is 2.85. The summed E-state index contributed by atoms with van der Waals surface area (Å²) in [4.78, 5) is 7.54. The maximum Gasteiger partial charge on any atom is 0.189 e. The molecular formula is C8H3BrN2S. The van der Waals surface area contributed by atoms with Crippen LogP contribution >= 0.6 is 27.3 Å². The first-order valence-electron chi connectivity index (χ1n) is 3.23. The van der Waals surface area contributed by atoms with Gasteiger partial charge in [-0.2, -0.15) is 0 Å². The van der Waals surface area contributed by atoms with Crippen LogP contribution in [0.4, 0.5) is 5.69 Å². The summed E-state index contributed by atoms with van der Waals surface area (Å²) in [5.41, 5.74) is 1.53. The summed E-state index contributed by atoms with van der Waals surface area (Å²) in [7, 11) is 0. The molecule has 0 aliphatic carbocycles. The van der Waals surface area contributed by atoms with Crippen LogP contribution in [0.15, 0.2) is 22.1 Å². The van der Waals surface area contributed by atoms with Crippen molar-refractivity contribution in [2.75, 3.05) is 0 Å². The molecule has 2 rings (SSSR count). The van der Waals surface area contributed by atoms with Crippen LogP contribution in [-0.2, 0) is 0 Å². The summed E-state index contributed by atoms with van der Waals surface area (Å²) in [6, 6.07) is 5.52. The Balaban J connectivity index is 2.77. The van der Waals surface area contributed by atoms with E-state index in [9.17, 15) is 0 Å². The molecule has 0 saturated heterocycles. The van der Waals surface area contributed by atoms with E-state index in [0.29, 0.717) is 5.69 Å². The summed E-state index contributed by atoms with van der Waals surface area (Å²) in [5.74, 6) is 0. The minimum absolute atomic E-state index is 0.639. The van der Waals surface area contributed by atoms with Crippen LogP contribution in [0.25, 0.3) is 15.1 Å². The molecule has 0 amide bonds. The van der Waals surface area contributed by atoms with E-state index in [-0.39, 0.29) is 0 Å². The van der Waals surface area contributed by atoms with E-state index >= 15 is 0 Å². The van der Waals surface area contributed by atoms with E-state index in [1.54, 1.807) is 23.5 Å². The lowest BCUT2D eigenvalue weighted by atomic mass is 10.3. The van der Waals surface area contributed by atoms with Crippen LogP contribution in [0.1, 0.15) is 0 Å². The molecule has 0 bridgehead atoms. The van der Waals surface area contributed by atoms with Crippen LogP contribution in [0.5, 0.6) is 0 Å². The smallest absolute Gasteiger partial charge is 0.189 e. The van der Waals surface area contributed by atoms with Crippen LogP contribution in [0, 0.1) is 6.57 Å². The van der Waals surface area contributed by atoms with Gasteiger partial charge in [0.05, 0.1) is 16.8 Å².